The molecule has 0 spiro atoms. The van der Waals surface area contributed by atoms with Gasteiger partial charge in [0, 0.05) is 48.5 Å². The summed E-state index contributed by atoms with van der Waals surface area (Å²) in [6.45, 7) is 0. The number of hydrogen-bond donors (Lipinski definition) is 0. The molecule has 230 valence electrons. The van der Waals surface area contributed by atoms with Gasteiger partial charge in [-0.3, -0.25) is 40.5 Å². The van der Waals surface area contributed by atoms with Gasteiger partial charge in [-0.15, -0.1) is 0 Å². The van der Waals surface area contributed by atoms with Crippen molar-refractivity contribution in [1.82, 2.24) is 0 Å². The first-order chi connectivity index (χ1) is 21.8. The number of non-ortho nitro benzene ring substituents is 2. The molecule has 0 radical (unpaired) electrons. The molecule has 3 aromatic carbocycles. The van der Waals surface area contributed by atoms with Crippen molar-refractivity contribution in [2.75, 3.05) is 0 Å². The van der Waals surface area contributed by atoms with Crippen molar-refractivity contribution in [2.45, 2.75) is 0 Å². The fraction of sp³-hybridized carbons (Fsp3) is 0. The van der Waals surface area contributed by atoms with E-state index in [9.17, 15) is 40.5 Å². The van der Waals surface area contributed by atoms with E-state index < -0.39 is 76.8 Å². The molecule has 0 aliphatic carbocycles. The van der Waals surface area contributed by atoms with Crippen LogP contribution in [0.25, 0.3) is 33.6 Å². The minimum absolute atomic E-state index is 0.142. The molecular formula is C28H14F4N6O8+2. The highest BCUT2D eigenvalue weighted by Gasteiger charge is 2.31. The predicted molar refractivity (Wildman–Crippen MR) is 147 cm³/mol. The van der Waals surface area contributed by atoms with Crippen LogP contribution in [-0.4, -0.2) is 19.7 Å². The highest BCUT2D eigenvalue weighted by Crippen LogP contribution is 2.37. The number of benzene rings is 3. The lowest BCUT2D eigenvalue weighted by Gasteiger charge is -2.12. The van der Waals surface area contributed by atoms with Gasteiger partial charge < -0.3 is 0 Å². The van der Waals surface area contributed by atoms with E-state index >= 15 is 17.6 Å². The Morgan fingerprint density at radius 1 is 0.457 bits per heavy atom. The second-order valence-corrected chi connectivity index (χ2v) is 9.37. The molecular weight excluding hydrogens is 624 g/mol. The van der Waals surface area contributed by atoms with E-state index in [-0.39, 0.29) is 22.5 Å². The Kier molecular flexibility index (Phi) is 7.85. The largest absolute Gasteiger partial charge is 0.347 e. The third-order valence-electron chi connectivity index (χ3n) is 6.79. The van der Waals surface area contributed by atoms with Crippen molar-refractivity contribution in [1.29, 1.82) is 0 Å². The predicted octanol–water partition coefficient (Wildman–Crippen LogP) is 5.76. The van der Waals surface area contributed by atoms with Gasteiger partial charge in [0.15, 0.2) is 48.1 Å². The number of pyridine rings is 2. The van der Waals surface area contributed by atoms with Crippen LogP contribution in [0.5, 0.6) is 0 Å². The first-order valence-electron chi connectivity index (χ1n) is 12.6. The Labute approximate surface area is 252 Å². The maximum absolute atomic E-state index is 15.3. The number of nitro groups is 4. The molecule has 46 heavy (non-hydrogen) atoms. The zero-order valence-electron chi connectivity index (χ0n) is 22.5. The first-order valence-corrected chi connectivity index (χ1v) is 12.6. The topological polar surface area (TPSA) is 180 Å². The molecule has 0 unspecified atom stereocenters. The summed E-state index contributed by atoms with van der Waals surface area (Å²) in [7, 11) is 0. The standard InChI is InChI=1S/C28H14F4N6O8/c29-25-23(15-5-9-33(10-6-15)19-3-1-17(35(39)40)13-21(19)37(43)44)26(30)28(32)24(27(25)31)16-7-11-34(12-8-16)20-4-2-18(36(41)42)14-22(20)38(45)46/h1-14H/q+2. The summed E-state index contributed by atoms with van der Waals surface area (Å²) in [5, 5.41) is 44.9. The van der Waals surface area contributed by atoms with E-state index in [0.717, 1.165) is 94.6 Å². The average molecular weight is 638 g/mol. The van der Waals surface area contributed by atoms with Crippen LogP contribution in [0.4, 0.5) is 40.3 Å². The summed E-state index contributed by atoms with van der Waals surface area (Å²) in [4.78, 5) is 41.5. The first kappa shape index (κ1) is 30.7. The second-order valence-electron chi connectivity index (χ2n) is 9.37. The number of nitro benzene ring substituents is 4. The van der Waals surface area contributed by atoms with Crippen molar-refractivity contribution in [2.24, 2.45) is 0 Å². The monoisotopic (exact) mass is 638 g/mol. The number of halogens is 4. The van der Waals surface area contributed by atoms with Crippen LogP contribution in [0.15, 0.2) is 85.5 Å². The Hall–Kier alpha value is -6.72. The number of hydrogen-bond acceptors (Lipinski definition) is 8. The lowest BCUT2D eigenvalue weighted by molar-refractivity contribution is -0.601. The van der Waals surface area contributed by atoms with Crippen molar-refractivity contribution >= 4 is 22.7 Å². The van der Waals surface area contributed by atoms with Gasteiger partial charge in [0.25, 0.3) is 22.7 Å². The van der Waals surface area contributed by atoms with Crippen LogP contribution in [0.1, 0.15) is 0 Å². The Bertz CT molecular complexity index is 1930. The summed E-state index contributed by atoms with van der Waals surface area (Å²) in [6.07, 6.45) is 4.39. The van der Waals surface area contributed by atoms with Crippen LogP contribution >= 0.6 is 0 Å². The third-order valence-corrected chi connectivity index (χ3v) is 6.79. The summed E-state index contributed by atoms with van der Waals surface area (Å²) in [6, 6.07) is 9.69. The van der Waals surface area contributed by atoms with Gasteiger partial charge in [-0.05, 0) is 11.1 Å². The lowest BCUT2D eigenvalue weighted by atomic mass is 9.98. The SMILES string of the molecule is O=[N+]([O-])c1ccc(-[n+]2ccc(-c3c(F)c(F)c(-c4cc[n+](-c5ccc([N+](=O)[O-])cc5[N+](=O)[O-])cc4)c(F)c3F)cc2)c([N+](=O)[O-])c1. The van der Waals surface area contributed by atoms with Crippen molar-refractivity contribution < 1.29 is 46.4 Å². The highest BCUT2D eigenvalue weighted by atomic mass is 19.2. The third kappa shape index (κ3) is 5.41. The van der Waals surface area contributed by atoms with Gasteiger partial charge in [-0.25, -0.2) is 17.6 Å². The molecule has 0 fully saturated rings. The van der Waals surface area contributed by atoms with Crippen LogP contribution < -0.4 is 9.13 Å². The zero-order valence-corrected chi connectivity index (χ0v) is 22.5. The van der Waals surface area contributed by atoms with Crippen molar-refractivity contribution in [3.63, 3.8) is 0 Å². The van der Waals surface area contributed by atoms with Gasteiger partial charge in [-0.2, -0.15) is 9.13 Å². The molecule has 0 amide bonds. The molecule has 18 heteroatoms. The smallest absolute Gasteiger partial charge is 0.258 e. The lowest BCUT2D eigenvalue weighted by Crippen LogP contribution is -2.30. The second kappa shape index (κ2) is 11.8. The fourth-order valence-corrected chi connectivity index (χ4v) is 4.63. The summed E-state index contributed by atoms with van der Waals surface area (Å²) in [5.74, 6) is -7.07. The van der Waals surface area contributed by atoms with Gasteiger partial charge >= 0.3 is 11.4 Å². The summed E-state index contributed by atoms with van der Waals surface area (Å²) >= 11 is 0. The molecule has 0 atom stereocenters. The van der Waals surface area contributed by atoms with Crippen molar-refractivity contribution in [3.8, 4) is 33.6 Å². The van der Waals surface area contributed by atoms with E-state index in [1.807, 2.05) is 0 Å². The van der Waals surface area contributed by atoms with Crippen molar-refractivity contribution in [3.05, 3.63) is 149 Å². The number of aromatic nitrogens is 2. The minimum Gasteiger partial charge on any atom is -0.258 e. The molecule has 0 N–H and O–H groups in total. The number of nitrogens with zero attached hydrogens (tertiary/aromatic N) is 6. The molecule has 0 aliphatic heterocycles. The number of rotatable bonds is 8. The van der Waals surface area contributed by atoms with Gasteiger partial charge in [0.1, 0.15) is 12.1 Å². The van der Waals surface area contributed by atoms with Crippen LogP contribution in [0, 0.1) is 63.7 Å². The zero-order chi connectivity index (χ0) is 33.4. The molecule has 0 saturated heterocycles. The van der Waals surface area contributed by atoms with Gasteiger partial charge in [0.2, 0.25) is 0 Å². The van der Waals surface area contributed by atoms with E-state index in [4.69, 9.17) is 0 Å². The Morgan fingerprint density at radius 3 is 1.02 bits per heavy atom. The molecule has 0 saturated carbocycles. The van der Waals surface area contributed by atoms with E-state index in [1.54, 1.807) is 0 Å². The molecule has 0 bridgehead atoms. The fourth-order valence-electron chi connectivity index (χ4n) is 4.63. The van der Waals surface area contributed by atoms with Gasteiger partial charge in [0.05, 0.1) is 30.8 Å². The summed E-state index contributed by atoms with van der Waals surface area (Å²) < 4.78 is 63.4. The summed E-state index contributed by atoms with van der Waals surface area (Å²) in [5.41, 5.74) is -5.57. The minimum atomic E-state index is -1.77. The molecule has 0 aliphatic rings. The van der Waals surface area contributed by atoms with Crippen LogP contribution in [-0.2, 0) is 0 Å². The maximum atomic E-state index is 15.3. The van der Waals surface area contributed by atoms with E-state index in [0.29, 0.717) is 0 Å². The highest BCUT2D eigenvalue weighted by molar-refractivity contribution is 5.72. The Morgan fingerprint density at radius 2 is 0.761 bits per heavy atom. The average Bonchev–Trinajstić information content (AvgIpc) is 3.04. The quantitative estimate of drug-likeness (QED) is 0.0676. The molecule has 14 nitrogen and oxygen atoms in total. The molecule has 2 heterocycles. The van der Waals surface area contributed by atoms with Gasteiger partial charge in [-0.1, -0.05) is 0 Å². The van der Waals surface area contributed by atoms with E-state index in [2.05, 4.69) is 0 Å². The van der Waals surface area contributed by atoms with Crippen LogP contribution in [0.3, 0.4) is 0 Å². The molecule has 5 rings (SSSR count). The molecule has 2 aromatic heterocycles. The maximum Gasteiger partial charge on any atom is 0.347 e. The Balaban J connectivity index is 1.52. The van der Waals surface area contributed by atoms with E-state index in [1.165, 1.54) is 0 Å². The molecule has 5 aromatic rings. The van der Waals surface area contributed by atoms with Crippen LogP contribution in [0.2, 0.25) is 0 Å². The normalized spacial score (nSPS) is 10.9.